The molecule has 0 radical (unpaired) electrons. The first-order valence-corrected chi connectivity index (χ1v) is 6.74. The Labute approximate surface area is 118 Å². The summed E-state index contributed by atoms with van der Waals surface area (Å²) in [5.41, 5.74) is 1.10. The molecule has 0 fully saturated rings. The summed E-state index contributed by atoms with van der Waals surface area (Å²) in [6, 6.07) is 9.27. The molecule has 1 heterocycles. The van der Waals surface area contributed by atoms with E-state index in [4.69, 9.17) is 16.3 Å². The normalized spacial score (nSPS) is 10.4. The van der Waals surface area contributed by atoms with Gasteiger partial charge in [0.25, 0.3) is 0 Å². The molecule has 0 amide bonds. The van der Waals surface area contributed by atoms with Crippen molar-refractivity contribution in [2.24, 2.45) is 0 Å². The Morgan fingerprint density at radius 1 is 1.21 bits per heavy atom. The molecule has 2 rings (SSSR count). The largest absolute Gasteiger partial charge is 0.455 e. The lowest BCUT2D eigenvalue weighted by Crippen LogP contribution is -2.14. The standard InChI is InChI=1S/C15H17ClN2O/c1-2-8-17-10-12-7-9-18-11-15(12)19-14-5-3-13(16)4-6-14/h3-7,9,11,17H,2,8,10H2,1H3. The average Bonchev–Trinajstić information content (AvgIpc) is 2.43. The Hall–Kier alpha value is -1.58. The SMILES string of the molecule is CCCNCc1ccncc1Oc1ccc(Cl)cc1. The molecule has 4 heteroatoms. The van der Waals surface area contributed by atoms with Gasteiger partial charge in [0.2, 0.25) is 0 Å². The summed E-state index contributed by atoms with van der Waals surface area (Å²) in [5.74, 6) is 1.53. The van der Waals surface area contributed by atoms with Gasteiger partial charge in [-0.05, 0) is 43.3 Å². The van der Waals surface area contributed by atoms with E-state index in [0.717, 1.165) is 36.6 Å². The third-order valence-electron chi connectivity index (χ3n) is 2.65. The number of nitrogens with zero attached hydrogens (tertiary/aromatic N) is 1. The molecule has 1 N–H and O–H groups in total. The van der Waals surface area contributed by atoms with Crippen molar-refractivity contribution >= 4 is 11.6 Å². The highest BCUT2D eigenvalue weighted by atomic mass is 35.5. The summed E-state index contributed by atoms with van der Waals surface area (Å²) in [7, 11) is 0. The molecule has 19 heavy (non-hydrogen) atoms. The number of pyridine rings is 1. The highest BCUT2D eigenvalue weighted by molar-refractivity contribution is 6.30. The van der Waals surface area contributed by atoms with Crippen LogP contribution in [0.5, 0.6) is 11.5 Å². The minimum Gasteiger partial charge on any atom is -0.455 e. The number of aromatic nitrogens is 1. The van der Waals surface area contributed by atoms with Crippen LogP contribution < -0.4 is 10.1 Å². The Kier molecular flexibility index (Phi) is 5.19. The third kappa shape index (κ3) is 4.23. The van der Waals surface area contributed by atoms with E-state index in [0.29, 0.717) is 5.02 Å². The van der Waals surface area contributed by atoms with Crippen molar-refractivity contribution in [3.63, 3.8) is 0 Å². The quantitative estimate of drug-likeness (QED) is 0.809. The predicted molar refractivity (Wildman–Crippen MR) is 77.8 cm³/mol. The van der Waals surface area contributed by atoms with Gasteiger partial charge in [0.05, 0.1) is 6.20 Å². The Balaban J connectivity index is 2.08. The fourth-order valence-corrected chi connectivity index (χ4v) is 1.80. The zero-order valence-electron chi connectivity index (χ0n) is 10.9. The molecule has 1 aromatic carbocycles. The van der Waals surface area contributed by atoms with Crippen LogP contribution in [0.2, 0.25) is 5.02 Å². The Morgan fingerprint density at radius 2 is 2.00 bits per heavy atom. The number of hydrogen-bond acceptors (Lipinski definition) is 3. The first-order valence-electron chi connectivity index (χ1n) is 6.36. The van der Waals surface area contributed by atoms with Gasteiger partial charge in [-0.3, -0.25) is 4.98 Å². The molecule has 0 saturated heterocycles. The summed E-state index contributed by atoms with van der Waals surface area (Å²) in [6.07, 6.45) is 4.62. The van der Waals surface area contributed by atoms with Crippen molar-refractivity contribution in [1.29, 1.82) is 0 Å². The third-order valence-corrected chi connectivity index (χ3v) is 2.91. The zero-order chi connectivity index (χ0) is 13.5. The molecule has 0 spiro atoms. The lowest BCUT2D eigenvalue weighted by atomic mass is 10.2. The topological polar surface area (TPSA) is 34.2 Å². The Morgan fingerprint density at radius 3 is 2.74 bits per heavy atom. The molecule has 3 nitrogen and oxygen atoms in total. The van der Waals surface area contributed by atoms with Crippen LogP contribution >= 0.6 is 11.6 Å². The van der Waals surface area contributed by atoms with Crippen LogP contribution in [-0.2, 0) is 6.54 Å². The molecule has 100 valence electrons. The molecular weight excluding hydrogens is 260 g/mol. The summed E-state index contributed by atoms with van der Waals surface area (Å²) >= 11 is 5.85. The fourth-order valence-electron chi connectivity index (χ4n) is 1.68. The van der Waals surface area contributed by atoms with Crippen LogP contribution in [0.1, 0.15) is 18.9 Å². The molecule has 0 unspecified atom stereocenters. The number of halogens is 1. The lowest BCUT2D eigenvalue weighted by molar-refractivity contribution is 0.470. The monoisotopic (exact) mass is 276 g/mol. The maximum atomic E-state index is 5.85. The second-order valence-electron chi connectivity index (χ2n) is 4.22. The number of ether oxygens (including phenoxy) is 1. The number of hydrogen-bond donors (Lipinski definition) is 1. The van der Waals surface area contributed by atoms with E-state index in [1.165, 1.54) is 0 Å². The van der Waals surface area contributed by atoms with Gasteiger partial charge in [0.1, 0.15) is 11.5 Å². The highest BCUT2D eigenvalue weighted by Crippen LogP contribution is 2.25. The summed E-state index contributed by atoms with van der Waals surface area (Å²) < 4.78 is 5.83. The molecule has 2 aromatic rings. The summed E-state index contributed by atoms with van der Waals surface area (Å²) in [4.78, 5) is 4.11. The molecule has 0 aliphatic heterocycles. The second-order valence-corrected chi connectivity index (χ2v) is 4.65. The van der Waals surface area contributed by atoms with Gasteiger partial charge in [-0.2, -0.15) is 0 Å². The van der Waals surface area contributed by atoms with Crippen molar-refractivity contribution in [2.75, 3.05) is 6.54 Å². The van der Waals surface area contributed by atoms with Crippen LogP contribution in [0.25, 0.3) is 0 Å². The van der Waals surface area contributed by atoms with E-state index in [2.05, 4.69) is 17.2 Å². The van der Waals surface area contributed by atoms with Gasteiger partial charge in [-0.25, -0.2) is 0 Å². The van der Waals surface area contributed by atoms with Gasteiger partial charge in [-0.15, -0.1) is 0 Å². The fraction of sp³-hybridized carbons (Fsp3) is 0.267. The molecule has 1 aromatic heterocycles. The van der Waals surface area contributed by atoms with Crippen LogP contribution in [0, 0.1) is 0 Å². The average molecular weight is 277 g/mol. The Bertz CT molecular complexity index is 514. The predicted octanol–water partition coefficient (Wildman–Crippen LogP) is 4.03. The van der Waals surface area contributed by atoms with Crippen LogP contribution in [0.3, 0.4) is 0 Å². The zero-order valence-corrected chi connectivity index (χ0v) is 11.7. The number of nitrogens with one attached hydrogen (secondary N) is 1. The van der Waals surface area contributed by atoms with E-state index in [-0.39, 0.29) is 0 Å². The molecule has 0 bridgehead atoms. The van der Waals surface area contributed by atoms with E-state index in [9.17, 15) is 0 Å². The summed E-state index contributed by atoms with van der Waals surface area (Å²) in [5, 5.41) is 4.06. The first-order chi connectivity index (χ1) is 9.29. The lowest BCUT2D eigenvalue weighted by Gasteiger charge is -2.11. The number of benzene rings is 1. The maximum Gasteiger partial charge on any atom is 0.150 e. The van der Waals surface area contributed by atoms with E-state index in [1.54, 1.807) is 12.4 Å². The van der Waals surface area contributed by atoms with E-state index in [1.807, 2.05) is 30.3 Å². The van der Waals surface area contributed by atoms with Gasteiger partial charge in [-0.1, -0.05) is 18.5 Å². The smallest absolute Gasteiger partial charge is 0.150 e. The molecule has 0 aliphatic carbocycles. The molecule has 0 aliphatic rings. The van der Waals surface area contributed by atoms with Gasteiger partial charge in [0.15, 0.2) is 0 Å². The first kappa shape index (κ1) is 13.8. The van der Waals surface area contributed by atoms with Crippen molar-refractivity contribution in [2.45, 2.75) is 19.9 Å². The molecule has 0 atom stereocenters. The van der Waals surface area contributed by atoms with E-state index < -0.39 is 0 Å². The highest BCUT2D eigenvalue weighted by Gasteiger charge is 2.04. The summed E-state index contributed by atoms with van der Waals surface area (Å²) in [6.45, 7) is 3.91. The van der Waals surface area contributed by atoms with Crippen LogP contribution in [0.15, 0.2) is 42.7 Å². The van der Waals surface area contributed by atoms with Crippen molar-refractivity contribution in [3.8, 4) is 11.5 Å². The van der Waals surface area contributed by atoms with Crippen molar-refractivity contribution < 1.29 is 4.74 Å². The van der Waals surface area contributed by atoms with Crippen LogP contribution in [-0.4, -0.2) is 11.5 Å². The molecule has 0 saturated carbocycles. The van der Waals surface area contributed by atoms with Gasteiger partial charge < -0.3 is 10.1 Å². The van der Waals surface area contributed by atoms with Crippen molar-refractivity contribution in [3.05, 3.63) is 53.3 Å². The van der Waals surface area contributed by atoms with Crippen LogP contribution in [0.4, 0.5) is 0 Å². The van der Waals surface area contributed by atoms with Crippen molar-refractivity contribution in [1.82, 2.24) is 10.3 Å². The maximum absolute atomic E-state index is 5.85. The molecular formula is C15H17ClN2O. The minimum atomic E-state index is 0.698. The number of rotatable bonds is 6. The van der Waals surface area contributed by atoms with Gasteiger partial charge >= 0.3 is 0 Å². The second kappa shape index (κ2) is 7.12. The minimum absolute atomic E-state index is 0.698. The van der Waals surface area contributed by atoms with Gasteiger partial charge in [0, 0.05) is 23.3 Å². The van der Waals surface area contributed by atoms with E-state index >= 15 is 0 Å².